The average Bonchev–Trinajstić information content (AvgIpc) is 2.75. The predicted octanol–water partition coefficient (Wildman–Crippen LogP) is 4.12. The molecule has 122 valence electrons. The third-order valence-corrected chi connectivity index (χ3v) is 8.00. The third-order valence-electron chi connectivity index (χ3n) is 8.00. The van der Waals surface area contributed by atoms with Crippen LogP contribution in [0.1, 0.15) is 65.2 Å². The van der Waals surface area contributed by atoms with Crippen LogP contribution in [0.5, 0.6) is 0 Å². The molecule has 3 heteroatoms. The summed E-state index contributed by atoms with van der Waals surface area (Å²) in [6.45, 7) is 4.28. The van der Waals surface area contributed by atoms with E-state index < -0.39 is 11.6 Å². The van der Waals surface area contributed by atoms with Crippen LogP contribution >= 0.6 is 0 Å². The Morgan fingerprint density at radius 1 is 1.09 bits per heavy atom. The number of hydrogen-bond donors (Lipinski definition) is 0. The molecular formula is C19H27FO2. The van der Waals surface area contributed by atoms with E-state index in [0.29, 0.717) is 55.0 Å². The van der Waals surface area contributed by atoms with E-state index >= 15 is 0 Å². The highest BCUT2D eigenvalue weighted by atomic mass is 19.1. The molecule has 0 amide bonds. The van der Waals surface area contributed by atoms with Crippen LogP contribution in [0.25, 0.3) is 0 Å². The maximum Gasteiger partial charge on any atom is 0.139 e. The van der Waals surface area contributed by atoms with Gasteiger partial charge in [0.25, 0.3) is 0 Å². The second-order valence-electron chi connectivity index (χ2n) is 8.92. The highest BCUT2D eigenvalue weighted by Gasteiger charge is 2.63. The van der Waals surface area contributed by atoms with Gasteiger partial charge in [-0.2, -0.15) is 0 Å². The standard InChI is InChI=1S/C19H27FO2/c1-18-8-7-12(20)9-11(18)3-4-13-14-5-6-16(22)19(14,2)10-15(21)17(13)18/h11-14,17H,3-10H2,1-2H3. The van der Waals surface area contributed by atoms with Gasteiger partial charge < -0.3 is 0 Å². The number of Topliss-reactive ketones (excluding diaryl/α,β-unsaturated/α-hetero) is 2. The maximum absolute atomic E-state index is 13.8. The molecule has 0 bridgehead atoms. The molecule has 4 aliphatic carbocycles. The SMILES string of the molecule is CC12CC(=O)C3C(CCC4CC(F)CCC43C)C1CCC2=O. The fourth-order valence-corrected chi connectivity index (χ4v) is 6.80. The smallest absolute Gasteiger partial charge is 0.139 e. The molecule has 0 heterocycles. The molecule has 0 saturated heterocycles. The van der Waals surface area contributed by atoms with Crippen molar-refractivity contribution in [3.63, 3.8) is 0 Å². The minimum absolute atomic E-state index is 0.0183. The lowest BCUT2D eigenvalue weighted by molar-refractivity contribution is -0.161. The van der Waals surface area contributed by atoms with E-state index in [1.54, 1.807) is 0 Å². The van der Waals surface area contributed by atoms with Gasteiger partial charge in [0.05, 0.1) is 0 Å². The summed E-state index contributed by atoms with van der Waals surface area (Å²) >= 11 is 0. The van der Waals surface area contributed by atoms with Gasteiger partial charge in [0.15, 0.2) is 0 Å². The van der Waals surface area contributed by atoms with Gasteiger partial charge >= 0.3 is 0 Å². The molecule has 0 aromatic carbocycles. The first-order valence-electron chi connectivity index (χ1n) is 9.06. The lowest BCUT2D eigenvalue weighted by Gasteiger charge is -2.58. The third kappa shape index (κ3) is 1.77. The van der Waals surface area contributed by atoms with E-state index in [0.717, 1.165) is 25.7 Å². The Hall–Kier alpha value is -0.730. The molecule has 0 spiro atoms. The van der Waals surface area contributed by atoms with Gasteiger partial charge in [-0.05, 0) is 61.7 Å². The van der Waals surface area contributed by atoms with E-state index in [2.05, 4.69) is 6.92 Å². The molecule has 7 unspecified atom stereocenters. The zero-order valence-corrected chi connectivity index (χ0v) is 13.7. The monoisotopic (exact) mass is 306 g/mol. The molecule has 0 N–H and O–H groups in total. The number of alkyl halides is 1. The molecule has 4 fully saturated rings. The number of hydrogen-bond acceptors (Lipinski definition) is 2. The Balaban J connectivity index is 1.71. The molecule has 7 atom stereocenters. The molecule has 4 saturated carbocycles. The second kappa shape index (κ2) is 4.64. The predicted molar refractivity (Wildman–Crippen MR) is 82.0 cm³/mol. The number of halogens is 1. The van der Waals surface area contributed by atoms with Crippen LogP contribution in [0, 0.1) is 34.5 Å². The molecular weight excluding hydrogens is 279 g/mol. The largest absolute Gasteiger partial charge is 0.299 e. The van der Waals surface area contributed by atoms with E-state index in [9.17, 15) is 14.0 Å². The first-order valence-corrected chi connectivity index (χ1v) is 9.06. The van der Waals surface area contributed by atoms with Crippen molar-refractivity contribution in [2.75, 3.05) is 0 Å². The average molecular weight is 306 g/mol. The van der Waals surface area contributed by atoms with Gasteiger partial charge in [0.2, 0.25) is 0 Å². The lowest BCUT2D eigenvalue weighted by Crippen LogP contribution is -2.57. The van der Waals surface area contributed by atoms with E-state index in [1.165, 1.54) is 0 Å². The van der Waals surface area contributed by atoms with Crippen molar-refractivity contribution in [1.82, 2.24) is 0 Å². The maximum atomic E-state index is 13.8. The zero-order valence-electron chi connectivity index (χ0n) is 13.7. The van der Waals surface area contributed by atoms with Crippen molar-refractivity contribution in [1.29, 1.82) is 0 Å². The van der Waals surface area contributed by atoms with Crippen molar-refractivity contribution in [3.8, 4) is 0 Å². The van der Waals surface area contributed by atoms with Crippen LogP contribution in [0.4, 0.5) is 4.39 Å². The van der Waals surface area contributed by atoms with Crippen LogP contribution in [-0.2, 0) is 9.59 Å². The fraction of sp³-hybridized carbons (Fsp3) is 0.895. The molecule has 2 nitrogen and oxygen atoms in total. The van der Waals surface area contributed by atoms with E-state index in [4.69, 9.17) is 0 Å². The molecule has 4 rings (SSSR count). The van der Waals surface area contributed by atoms with Crippen molar-refractivity contribution >= 4 is 11.6 Å². The van der Waals surface area contributed by atoms with Gasteiger partial charge in [-0.15, -0.1) is 0 Å². The molecule has 0 aromatic heterocycles. The second-order valence-corrected chi connectivity index (χ2v) is 8.92. The minimum atomic E-state index is -0.674. The molecule has 0 aliphatic heterocycles. The Bertz CT molecular complexity index is 530. The topological polar surface area (TPSA) is 34.1 Å². The molecule has 22 heavy (non-hydrogen) atoms. The van der Waals surface area contributed by atoms with Gasteiger partial charge in [0.1, 0.15) is 17.7 Å². The lowest BCUT2D eigenvalue weighted by atomic mass is 9.45. The molecule has 0 aromatic rings. The van der Waals surface area contributed by atoms with Crippen molar-refractivity contribution in [3.05, 3.63) is 0 Å². The first kappa shape index (κ1) is 14.8. The fourth-order valence-electron chi connectivity index (χ4n) is 6.80. The number of ketones is 2. The minimum Gasteiger partial charge on any atom is -0.299 e. The van der Waals surface area contributed by atoms with Gasteiger partial charge in [-0.3, -0.25) is 9.59 Å². The van der Waals surface area contributed by atoms with Gasteiger partial charge in [-0.1, -0.05) is 13.8 Å². The number of rotatable bonds is 0. The van der Waals surface area contributed by atoms with Crippen molar-refractivity contribution < 1.29 is 14.0 Å². The first-order chi connectivity index (χ1) is 10.4. The van der Waals surface area contributed by atoms with Crippen LogP contribution in [-0.4, -0.2) is 17.7 Å². The van der Waals surface area contributed by atoms with Crippen LogP contribution in [0.2, 0.25) is 0 Å². The molecule has 0 radical (unpaired) electrons. The highest BCUT2D eigenvalue weighted by Crippen LogP contribution is 2.64. The van der Waals surface area contributed by atoms with Gasteiger partial charge in [-0.25, -0.2) is 4.39 Å². The van der Waals surface area contributed by atoms with E-state index in [1.807, 2.05) is 6.92 Å². The highest BCUT2D eigenvalue weighted by molar-refractivity contribution is 5.95. The van der Waals surface area contributed by atoms with Gasteiger partial charge in [0, 0.05) is 24.2 Å². The van der Waals surface area contributed by atoms with E-state index in [-0.39, 0.29) is 11.3 Å². The van der Waals surface area contributed by atoms with Crippen molar-refractivity contribution in [2.45, 2.75) is 71.4 Å². The Kier molecular flexibility index (Phi) is 3.13. The number of carbonyl (C=O) groups excluding carboxylic acids is 2. The summed E-state index contributed by atoms with van der Waals surface area (Å²) < 4.78 is 13.8. The molecule has 4 aliphatic rings. The van der Waals surface area contributed by atoms with Crippen LogP contribution < -0.4 is 0 Å². The quantitative estimate of drug-likeness (QED) is 0.675. The number of fused-ring (bicyclic) bond motifs is 5. The summed E-state index contributed by atoms with van der Waals surface area (Å²) in [6.07, 6.45) is 5.58. The Morgan fingerprint density at radius 2 is 1.86 bits per heavy atom. The summed E-state index contributed by atoms with van der Waals surface area (Å²) in [6, 6.07) is 0. The van der Waals surface area contributed by atoms with Crippen LogP contribution in [0.3, 0.4) is 0 Å². The Labute approximate surface area is 132 Å². The summed E-state index contributed by atoms with van der Waals surface area (Å²) in [5.41, 5.74) is -0.408. The summed E-state index contributed by atoms with van der Waals surface area (Å²) in [5, 5.41) is 0. The van der Waals surface area contributed by atoms with Crippen molar-refractivity contribution in [2.24, 2.45) is 34.5 Å². The zero-order chi connectivity index (χ0) is 15.7. The van der Waals surface area contributed by atoms with Crippen LogP contribution in [0.15, 0.2) is 0 Å². The summed E-state index contributed by atoms with van der Waals surface area (Å²) in [4.78, 5) is 25.4. The normalized spacial score (nSPS) is 54.6. The Morgan fingerprint density at radius 3 is 2.64 bits per heavy atom. The summed E-state index contributed by atoms with van der Waals surface area (Å²) in [7, 11) is 0. The summed E-state index contributed by atoms with van der Waals surface area (Å²) in [5.74, 6) is 1.83. The number of carbonyl (C=O) groups is 2.